The topological polar surface area (TPSA) is 35.2 Å². The van der Waals surface area contributed by atoms with E-state index in [1.807, 2.05) is 25.1 Å². The fourth-order valence-electron chi connectivity index (χ4n) is 1.77. The summed E-state index contributed by atoms with van der Waals surface area (Å²) < 4.78 is 20.7. The Kier molecular flexibility index (Phi) is 4.73. The third-order valence-corrected chi connectivity index (χ3v) is 3.59. The summed E-state index contributed by atoms with van der Waals surface area (Å²) in [7, 11) is 0. The first-order valence-corrected chi connectivity index (χ1v) is 7.15. The number of hydrogen-bond acceptors (Lipinski definition) is 2. The van der Waals surface area contributed by atoms with Crippen molar-refractivity contribution in [3.8, 4) is 5.75 Å². The molecule has 20 heavy (non-hydrogen) atoms. The Bertz CT molecular complexity index is 660. The highest BCUT2D eigenvalue weighted by molar-refractivity contribution is 9.10. The molecule has 0 aliphatic rings. The molecule has 0 bridgehead atoms. The van der Waals surface area contributed by atoms with E-state index in [2.05, 4.69) is 15.9 Å². The second-order valence-corrected chi connectivity index (χ2v) is 5.70. The molecule has 0 aromatic heterocycles. The van der Waals surface area contributed by atoms with Crippen LogP contribution in [0.2, 0.25) is 0 Å². The van der Waals surface area contributed by atoms with Crippen molar-refractivity contribution in [2.45, 2.75) is 13.5 Å². The first-order valence-electron chi connectivity index (χ1n) is 5.95. The predicted octanol–water partition coefficient (Wildman–Crippen LogP) is 4.11. The van der Waals surface area contributed by atoms with E-state index in [-0.39, 0.29) is 17.2 Å². The van der Waals surface area contributed by atoms with E-state index >= 15 is 0 Å². The van der Waals surface area contributed by atoms with E-state index in [4.69, 9.17) is 22.7 Å². The molecule has 2 rings (SSSR count). The molecule has 0 saturated carbocycles. The first-order chi connectivity index (χ1) is 9.49. The molecule has 5 heteroatoms. The van der Waals surface area contributed by atoms with Crippen molar-refractivity contribution in [3.05, 3.63) is 63.4 Å². The number of rotatable bonds is 4. The van der Waals surface area contributed by atoms with Crippen LogP contribution in [0.15, 0.2) is 40.9 Å². The Balaban J connectivity index is 2.21. The van der Waals surface area contributed by atoms with Crippen LogP contribution in [0.5, 0.6) is 5.75 Å². The van der Waals surface area contributed by atoms with Crippen LogP contribution in [-0.2, 0) is 6.61 Å². The minimum Gasteiger partial charge on any atom is -0.488 e. The zero-order chi connectivity index (χ0) is 14.7. The van der Waals surface area contributed by atoms with Crippen LogP contribution in [-0.4, -0.2) is 4.99 Å². The SMILES string of the molecule is Cc1ccc(Br)cc1OCc1cccc(C(N)=S)c1F. The van der Waals surface area contributed by atoms with Crippen LogP contribution < -0.4 is 10.5 Å². The molecule has 0 saturated heterocycles. The number of halogens is 2. The van der Waals surface area contributed by atoms with Crippen molar-refractivity contribution in [2.75, 3.05) is 0 Å². The largest absolute Gasteiger partial charge is 0.488 e. The maximum Gasteiger partial charge on any atom is 0.139 e. The van der Waals surface area contributed by atoms with Crippen LogP contribution in [0.25, 0.3) is 0 Å². The molecule has 0 atom stereocenters. The number of hydrogen-bond donors (Lipinski definition) is 1. The van der Waals surface area contributed by atoms with Crippen molar-refractivity contribution in [1.29, 1.82) is 0 Å². The first kappa shape index (κ1) is 14.9. The Morgan fingerprint density at radius 1 is 1.35 bits per heavy atom. The lowest BCUT2D eigenvalue weighted by molar-refractivity contribution is 0.297. The van der Waals surface area contributed by atoms with Gasteiger partial charge in [-0.3, -0.25) is 0 Å². The van der Waals surface area contributed by atoms with Gasteiger partial charge in [-0.15, -0.1) is 0 Å². The predicted molar refractivity (Wildman–Crippen MR) is 85.5 cm³/mol. The molecule has 2 nitrogen and oxygen atoms in total. The third-order valence-electron chi connectivity index (χ3n) is 2.88. The fraction of sp³-hybridized carbons (Fsp3) is 0.133. The summed E-state index contributed by atoms with van der Waals surface area (Å²) in [6, 6.07) is 10.6. The molecule has 0 radical (unpaired) electrons. The van der Waals surface area contributed by atoms with Gasteiger partial charge in [-0.1, -0.05) is 46.3 Å². The fourth-order valence-corrected chi connectivity index (χ4v) is 2.26. The summed E-state index contributed by atoms with van der Waals surface area (Å²) in [6.45, 7) is 2.06. The lowest BCUT2D eigenvalue weighted by Crippen LogP contribution is -2.13. The molecule has 0 aliphatic heterocycles. The van der Waals surface area contributed by atoms with Crippen molar-refractivity contribution in [2.24, 2.45) is 5.73 Å². The number of aryl methyl sites for hydroxylation is 1. The van der Waals surface area contributed by atoms with Crippen molar-refractivity contribution in [1.82, 2.24) is 0 Å². The molecule has 2 N–H and O–H groups in total. The van der Waals surface area contributed by atoms with Gasteiger partial charge < -0.3 is 10.5 Å². The second-order valence-electron chi connectivity index (χ2n) is 4.34. The minimum atomic E-state index is -0.423. The molecule has 0 aliphatic carbocycles. The van der Waals surface area contributed by atoms with E-state index in [1.165, 1.54) is 0 Å². The minimum absolute atomic E-state index is 0.0444. The van der Waals surface area contributed by atoms with Gasteiger partial charge in [-0.25, -0.2) is 4.39 Å². The zero-order valence-electron chi connectivity index (χ0n) is 10.8. The van der Waals surface area contributed by atoms with Gasteiger partial charge in [0.15, 0.2) is 0 Å². The van der Waals surface area contributed by atoms with Gasteiger partial charge in [0.25, 0.3) is 0 Å². The Hall–Kier alpha value is -1.46. The van der Waals surface area contributed by atoms with E-state index < -0.39 is 5.82 Å². The van der Waals surface area contributed by atoms with Crippen LogP contribution in [0.3, 0.4) is 0 Å². The highest BCUT2D eigenvalue weighted by atomic mass is 79.9. The molecular formula is C15H13BrFNOS. The standard InChI is InChI=1S/C15H13BrFNOS/c1-9-5-6-11(16)7-13(9)19-8-10-3-2-4-12(14(10)17)15(18)20/h2-7H,8H2,1H3,(H2,18,20). The summed E-state index contributed by atoms with van der Waals surface area (Å²) in [5, 5.41) is 0. The Morgan fingerprint density at radius 2 is 2.10 bits per heavy atom. The van der Waals surface area contributed by atoms with E-state index in [0.29, 0.717) is 11.3 Å². The summed E-state index contributed by atoms with van der Waals surface area (Å²) in [5.41, 5.74) is 7.13. The number of ether oxygens (including phenoxy) is 1. The number of thiocarbonyl (C=S) groups is 1. The molecule has 0 fully saturated rings. The van der Waals surface area contributed by atoms with E-state index in [0.717, 1.165) is 10.0 Å². The molecule has 2 aromatic rings. The van der Waals surface area contributed by atoms with Crippen molar-refractivity contribution < 1.29 is 9.13 Å². The zero-order valence-corrected chi connectivity index (χ0v) is 13.2. The second kappa shape index (κ2) is 6.33. The molecular weight excluding hydrogens is 341 g/mol. The maximum absolute atomic E-state index is 14.1. The van der Waals surface area contributed by atoms with Crippen LogP contribution in [0.1, 0.15) is 16.7 Å². The van der Waals surface area contributed by atoms with Gasteiger partial charge >= 0.3 is 0 Å². The quantitative estimate of drug-likeness (QED) is 0.840. The molecule has 0 spiro atoms. The molecule has 0 heterocycles. The highest BCUT2D eigenvalue weighted by Crippen LogP contribution is 2.24. The lowest BCUT2D eigenvalue weighted by Gasteiger charge is -2.11. The molecule has 2 aromatic carbocycles. The van der Waals surface area contributed by atoms with Gasteiger partial charge in [0.05, 0.1) is 0 Å². The van der Waals surface area contributed by atoms with Gasteiger partial charge in [0.2, 0.25) is 0 Å². The van der Waals surface area contributed by atoms with Gasteiger partial charge in [0.1, 0.15) is 23.2 Å². The van der Waals surface area contributed by atoms with Gasteiger partial charge in [-0.2, -0.15) is 0 Å². The van der Waals surface area contributed by atoms with Gasteiger partial charge in [-0.05, 0) is 30.7 Å². The summed E-state index contributed by atoms with van der Waals surface area (Å²) in [4.78, 5) is 0.0444. The third kappa shape index (κ3) is 3.35. The van der Waals surface area contributed by atoms with Gasteiger partial charge in [0, 0.05) is 15.6 Å². The Labute approximate surface area is 130 Å². The molecule has 104 valence electrons. The normalized spacial score (nSPS) is 10.3. The average Bonchev–Trinajstić information content (AvgIpc) is 2.41. The van der Waals surface area contributed by atoms with Crippen LogP contribution in [0, 0.1) is 12.7 Å². The summed E-state index contributed by atoms with van der Waals surface area (Å²) in [6.07, 6.45) is 0. The maximum atomic E-state index is 14.1. The summed E-state index contributed by atoms with van der Waals surface area (Å²) in [5.74, 6) is 0.284. The highest BCUT2D eigenvalue weighted by Gasteiger charge is 2.11. The van der Waals surface area contributed by atoms with E-state index in [9.17, 15) is 4.39 Å². The summed E-state index contributed by atoms with van der Waals surface area (Å²) >= 11 is 8.20. The Morgan fingerprint density at radius 3 is 2.80 bits per heavy atom. The monoisotopic (exact) mass is 353 g/mol. The van der Waals surface area contributed by atoms with E-state index in [1.54, 1.807) is 18.2 Å². The van der Waals surface area contributed by atoms with Crippen molar-refractivity contribution >= 4 is 33.1 Å². The smallest absolute Gasteiger partial charge is 0.139 e. The average molecular weight is 354 g/mol. The molecule has 0 unspecified atom stereocenters. The number of benzene rings is 2. The van der Waals surface area contributed by atoms with Crippen LogP contribution in [0.4, 0.5) is 4.39 Å². The molecule has 0 amide bonds. The van der Waals surface area contributed by atoms with Crippen LogP contribution >= 0.6 is 28.1 Å². The lowest BCUT2D eigenvalue weighted by atomic mass is 10.1. The number of nitrogens with two attached hydrogens (primary N) is 1. The van der Waals surface area contributed by atoms with Crippen molar-refractivity contribution in [3.63, 3.8) is 0 Å².